The molecule has 92 valence electrons. The van der Waals surface area contributed by atoms with Crippen LogP contribution in [0.2, 0.25) is 0 Å². The Morgan fingerprint density at radius 1 is 1.44 bits per heavy atom. The summed E-state index contributed by atoms with van der Waals surface area (Å²) in [5, 5.41) is 2.96. The first-order valence-electron chi connectivity index (χ1n) is 6.44. The topological polar surface area (TPSA) is 35.6 Å². The van der Waals surface area contributed by atoms with Crippen molar-refractivity contribution in [2.75, 3.05) is 33.2 Å². The summed E-state index contributed by atoms with van der Waals surface area (Å²) in [4.78, 5) is 16.7. The number of carbonyl (C=O) groups is 1. The van der Waals surface area contributed by atoms with E-state index in [2.05, 4.69) is 22.0 Å². The van der Waals surface area contributed by atoms with Crippen molar-refractivity contribution in [2.45, 2.75) is 38.3 Å². The normalized spacial score (nSPS) is 30.5. The molecule has 2 heterocycles. The van der Waals surface area contributed by atoms with E-state index >= 15 is 0 Å². The predicted molar refractivity (Wildman–Crippen MR) is 64.3 cm³/mol. The molecular weight excluding hydrogens is 202 g/mol. The van der Waals surface area contributed by atoms with Crippen LogP contribution in [0.25, 0.3) is 0 Å². The van der Waals surface area contributed by atoms with Gasteiger partial charge in [-0.25, -0.2) is 0 Å². The van der Waals surface area contributed by atoms with Crippen LogP contribution in [0.1, 0.15) is 26.2 Å². The molecule has 0 aliphatic carbocycles. The Balaban J connectivity index is 2.01. The van der Waals surface area contributed by atoms with E-state index in [-0.39, 0.29) is 5.91 Å². The van der Waals surface area contributed by atoms with Crippen molar-refractivity contribution in [1.82, 2.24) is 15.1 Å². The summed E-state index contributed by atoms with van der Waals surface area (Å²) in [6.07, 6.45) is 3.63. The van der Waals surface area contributed by atoms with Gasteiger partial charge >= 0.3 is 0 Å². The maximum absolute atomic E-state index is 12.0. The van der Waals surface area contributed by atoms with Gasteiger partial charge in [0.05, 0.1) is 6.54 Å². The van der Waals surface area contributed by atoms with E-state index in [0.29, 0.717) is 18.6 Å². The van der Waals surface area contributed by atoms with E-state index in [4.69, 9.17) is 0 Å². The highest BCUT2D eigenvalue weighted by Crippen LogP contribution is 2.25. The lowest BCUT2D eigenvalue weighted by atomic mass is 10.1. The maximum atomic E-state index is 12.0. The minimum atomic E-state index is 0.265. The van der Waals surface area contributed by atoms with Gasteiger partial charge in [0, 0.05) is 25.2 Å². The summed E-state index contributed by atoms with van der Waals surface area (Å²) in [5.41, 5.74) is 0. The highest BCUT2D eigenvalue weighted by Gasteiger charge is 2.37. The molecule has 2 unspecified atom stereocenters. The fraction of sp³-hybridized carbons (Fsp3) is 0.917. The molecule has 2 saturated heterocycles. The molecule has 4 heteroatoms. The third-order valence-corrected chi connectivity index (χ3v) is 3.91. The van der Waals surface area contributed by atoms with Gasteiger partial charge in [-0.1, -0.05) is 6.92 Å². The molecule has 2 aliphatic heterocycles. The van der Waals surface area contributed by atoms with Crippen LogP contribution in [0.5, 0.6) is 0 Å². The standard InChI is InChI=1S/C12H23N3O/c1-3-10-8-14-6-4-5-11(14)9-15(10)12(16)7-13-2/h10-11,13H,3-9H2,1-2H3. The summed E-state index contributed by atoms with van der Waals surface area (Å²) >= 11 is 0. The predicted octanol–water partition coefficient (Wildman–Crippen LogP) is 0.291. The Kier molecular flexibility index (Phi) is 3.82. The molecule has 2 aliphatic rings. The van der Waals surface area contributed by atoms with E-state index in [1.807, 2.05) is 7.05 Å². The van der Waals surface area contributed by atoms with Crippen molar-refractivity contribution < 1.29 is 4.79 Å². The Labute approximate surface area is 98.0 Å². The lowest BCUT2D eigenvalue weighted by molar-refractivity contribution is -0.136. The van der Waals surface area contributed by atoms with E-state index in [0.717, 1.165) is 19.5 Å². The Morgan fingerprint density at radius 3 is 2.94 bits per heavy atom. The van der Waals surface area contributed by atoms with Gasteiger partial charge in [0.25, 0.3) is 0 Å². The van der Waals surface area contributed by atoms with Crippen LogP contribution in [0.4, 0.5) is 0 Å². The van der Waals surface area contributed by atoms with Gasteiger partial charge in [-0.05, 0) is 32.9 Å². The summed E-state index contributed by atoms with van der Waals surface area (Å²) in [7, 11) is 1.84. The number of nitrogens with zero attached hydrogens (tertiary/aromatic N) is 2. The third-order valence-electron chi connectivity index (χ3n) is 3.91. The zero-order valence-electron chi connectivity index (χ0n) is 10.4. The van der Waals surface area contributed by atoms with Gasteiger partial charge in [0.1, 0.15) is 0 Å². The number of fused-ring (bicyclic) bond motifs is 1. The van der Waals surface area contributed by atoms with E-state index < -0.39 is 0 Å². The number of piperazine rings is 1. The number of carbonyl (C=O) groups excluding carboxylic acids is 1. The van der Waals surface area contributed by atoms with Crippen LogP contribution >= 0.6 is 0 Å². The van der Waals surface area contributed by atoms with Gasteiger partial charge in [0.15, 0.2) is 0 Å². The molecule has 1 N–H and O–H groups in total. The zero-order chi connectivity index (χ0) is 11.5. The Bertz CT molecular complexity index is 257. The minimum Gasteiger partial charge on any atom is -0.336 e. The minimum absolute atomic E-state index is 0.265. The van der Waals surface area contributed by atoms with Crippen molar-refractivity contribution in [1.29, 1.82) is 0 Å². The lowest BCUT2D eigenvalue weighted by Crippen LogP contribution is -2.58. The van der Waals surface area contributed by atoms with Crippen molar-refractivity contribution in [3.05, 3.63) is 0 Å². The van der Waals surface area contributed by atoms with Crippen LogP contribution in [-0.4, -0.2) is 61.0 Å². The highest BCUT2D eigenvalue weighted by atomic mass is 16.2. The summed E-state index contributed by atoms with van der Waals surface area (Å²) in [6.45, 7) is 5.91. The fourth-order valence-corrected chi connectivity index (χ4v) is 3.00. The first kappa shape index (κ1) is 11.9. The first-order chi connectivity index (χ1) is 7.76. The van der Waals surface area contributed by atoms with E-state index in [9.17, 15) is 4.79 Å². The smallest absolute Gasteiger partial charge is 0.236 e. The highest BCUT2D eigenvalue weighted by molar-refractivity contribution is 5.78. The van der Waals surface area contributed by atoms with Crippen molar-refractivity contribution in [2.24, 2.45) is 0 Å². The van der Waals surface area contributed by atoms with Gasteiger partial charge < -0.3 is 10.2 Å². The zero-order valence-corrected chi connectivity index (χ0v) is 10.4. The van der Waals surface area contributed by atoms with Crippen molar-refractivity contribution in [3.63, 3.8) is 0 Å². The summed E-state index contributed by atoms with van der Waals surface area (Å²) in [6, 6.07) is 1.05. The SMILES string of the molecule is CCC1CN2CCCC2CN1C(=O)CNC. The van der Waals surface area contributed by atoms with Crippen molar-refractivity contribution in [3.8, 4) is 0 Å². The number of hydrogen-bond acceptors (Lipinski definition) is 3. The molecule has 4 nitrogen and oxygen atoms in total. The molecule has 0 spiro atoms. The van der Waals surface area contributed by atoms with Crippen LogP contribution in [0.3, 0.4) is 0 Å². The van der Waals surface area contributed by atoms with Gasteiger partial charge in [-0.15, -0.1) is 0 Å². The van der Waals surface area contributed by atoms with E-state index in [1.165, 1.54) is 19.4 Å². The Morgan fingerprint density at radius 2 is 2.25 bits per heavy atom. The molecule has 0 aromatic carbocycles. The summed E-state index contributed by atoms with van der Waals surface area (Å²) < 4.78 is 0. The molecule has 2 rings (SSSR count). The average Bonchev–Trinajstić information content (AvgIpc) is 2.74. The second-order valence-corrected chi connectivity index (χ2v) is 4.93. The molecule has 2 atom stereocenters. The number of nitrogens with one attached hydrogen (secondary N) is 1. The van der Waals surface area contributed by atoms with Crippen molar-refractivity contribution >= 4 is 5.91 Å². The van der Waals surface area contributed by atoms with Gasteiger partial charge in [-0.2, -0.15) is 0 Å². The monoisotopic (exact) mass is 225 g/mol. The van der Waals surface area contributed by atoms with Crippen LogP contribution in [-0.2, 0) is 4.79 Å². The van der Waals surface area contributed by atoms with Gasteiger partial charge in [0.2, 0.25) is 5.91 Å². The van der Waals surface area contributed by atoms with Crippen LogP contribution in [0, 0.1) is 0 Å². The molecule has 0 saturated carbocycles. The number of rotatable bonds is 3. The van der Waals surface area contributed by atoms with E-state index in [1.54, 1.807) is 0 Å². The molecule has 0 bridgehead atoms. The molecule has 0 aromatic rings. The first-order valence-corrected chi connectivity index (χ1v) is 6.44. The number of hydrogen-bond donors (Lipinski definition) is 1. The molecule has 0 aromatic heterocycles. The maximum Gasteiger partial charge on any atom is 0.236 e. The molecule has 1 amide bonds. The lowest BCUT2D eigenvalue weighted by Gasteiger charge is -2.43. The second kappa shape index (κ2) is 5.15. The molecular formula is C12H23N3O. The fourth-order valence-electron chi connectivity index (χ4n) is 3.00. The molecule has 16 heavy (non-hydrogen) atoms. The number of amides is 1. The average molecular weight is 225 g/mol. The van der Waals surface area contributed by atoms with Gasteiger partial charge in [-0.3, -0.25) is 9.69 Å². The number of likely N-dealkylation sites (N-methyl/N-ethyl adjacent to an activating group) is 1. The molecule has 0 radical (unpaired) electrons. The summed E-state index contributed by atoms with van der Waals surface area (Å²) in [5.74, 6) is 0.265. The third kappa shape index (κ3) is 2.23. The quantitative estimate of drug-likeness (QED) is 0.750. The second-order valence-electron chi connectivity index (χ2n) is 4.93. The van der Waals surface area contributed by atoms with Crippen LogP contribution in [0.15, 0.2) is 0 Å². The molecule has 2 fully saturated rings. The largest absolute Gasteiger partial charge is 0.336 e. The Hall–Kier alpha value is -0.610. The van der Waals surface area contributed by atoms with Crippen LogP contribution < -0.4 is 5.32 Å².